The Balaban J connectivity index is 2.27. The van der Waals surface area contributed by atoms with E-state index >= 15 is 0 Å². The maximum atomic E-state index is 11.3. The highest BCUT2D eigenvalue weighted by Gasteiger charge is 2.08. The van der Waals surface area contributed by atoms with Crippen LogP contribution in [-0.4, -0.2) is 41.0 Å². The number of carboxylic acids is 1. The van der Waals surface area contributed by atoms with Gasteiger partial charge in [-0.05, 0) is 12.1 Å². The van der Waals surface area contributed by atoms with Crippen molar-refractivity contribution in [2.45, 2.75) is 0 Å². The van der Waals surface area contributed by atoms with Crippen LogP contribution in [0.1, 0.15) is 10.5 Å². The Hall–Kier alpha value is -2.31. The summed E-state index contributed by atoms with van der Waals surface area (Å²) in [6.07, 6.45) is 1.58. The number of aromatic amines is 1. The summed E-state index contributed by atoms with van der Waals surface area (Å²) in [5.41, 5.74) is 0.339. The van der Waals surface area contributed by atoms with Gasteiger partial charge in [-0.2, -0.15) is 0 Å². The van der Waals surface area contributed by atoms with E-state index in [-0.39, 0.29) is 6.54 Å². The highest BCUT2D eigenvalue weighted by molar-refractivity contribution is 5.95. The zero-order chi connectivity index (χ0) is 12.0. The van der Waals surface area contributed by atoms with Crippen LogP contribution >= 0.6 is 0 Å². The summed E-state index contributed by atoms with van der Waals surface area (Å²) in [4.78, 5) is 35.1. The molecule has 1 heterocycles. The standard InChI is InChI=1S/C9H11N3O4/c13-7(11-5-8(14)15)4-12-9(16)6-2-1-3-10-6/h1-3,10H,4-5H2,(H,11,13)(H,12,16)(H,14,15). The number of aliphatic carboxylic acids is 1. The molecule has 0 atom stereocenters. The number of hydrogen-bond acceptors (Lipinski definition) is 3. The van der Waals surface area contributed by atoms with Crippen molar-refractivity contribution in [1.29, 1.82) is 0 Å². The summed E-state index contributed by atoms with van der Waals surface area (Å²) in [6, 6.07) is 3.21. The molecule has 86 valence electrons. The summed E-state index contributed by atoms with van der Waals surface area (Å²) >= 11 is 0. The number of nitrogens with one attached hydrogen (secondary N) is 3. The molecule has 4 N–H and O–H groups in total. The third-order valence-corrected chi connectivity index (χ3v) is 1.69. The third-order valence-electron chi connectivity index (χ3n) is 1.69. The van der Waals surface area contributed by atoms with Gasteiger partial charge in [0, 0.05) is 6.20 Å². The molecule has 0 unspecified atom stereocenters. The SMILES string of the molecule is O=C(O)CNC(=O)CNC(=O)c1ccc[nH]1. The number of H-pyrrole nitrogens is 1. The fourth-order valence-electron chi connectivity index (χ4n) is 0.964. The number of amides is 2. The van der Waals surface area contributed by atoms with E-state index in [9.17, 15) is 14.4 Å². The van der Waals surface area contributed by atoms with Gasteiger partial charge in [0.05, 0.1) is 6.54 Å². The van der Waals surface area contributed by atoms with E-state index in [1.165, 1.54) is 0 Å². The van der Waals surface area contributed by atoms with E-state index < -0.39 is 24.3 Å². The summed E-state index contributed by atoms with van der Waals surface area (Å²) in [7, 11) is 0. The molecule has 0 aliphatic carbocycles. The average Bonchev–Trinajstić information content (AvgIpc) is 2.76. The van der Waals surface area contributed by atoms with Crippen LogP contribution in [-0.2, 0) is 9.59 Å². The van der Waals surface area contributed by atoms with E-state index in [2.05, 4.69) is 15.6 Å². The van der Waals surface area contributed by atoms with Crippen molar-refractivity contribution in [3.8, 4) is 0 Å². The summed E-state index contributed by atoms with van der Waals surface area (Å²) in [5, 5.41) is 12.7. The van der Waals surface area contributed by atoms with Crippen LogP contribution in [0, 0.1) is 0 Å². The quantitative estimate of drug-likeness (QED) is 0.512. The predicted octanol–water partition coefficient (Wildman–Crippen LogP) is -1.05. The van der Waals surface area contributed by atoms with Gasteiger partial charge in [-0.3, -0.25) is 14.4 Å². The van der Waals surface area contributed by atoms with Crippen LogP contribution in [0.2, 0.25) is 0 Å². The Morgan fingerprint density at radius 2 is 2.00 bits per heavy atom. The number of carbonyl (C=O) groups excluding carboxylic acids is 2. The first kappa shape index (κ1) is 11.8. The molecule has 16 heavy (non-hydrogen) atoms. The molecule has 7 nitrogen and oxygen atoms in total. The summed E-state index contributed by atoms with van der Waals surface area (Å²) < 4.78 is 0. The summed E-state index contributed by atoms with van der Waals surface area (Å²) in [6.45, 7) is -0.720. The van der Waals surface area contributed by atoms with Gasteiger partial charge in [0.15, 0.2) is 0 Å². The number of rotatable bonds is 5. The van der Waals surface area contributed by atoms with Crippen molar-refractivity contribution in [2.24, 2.45) is 0 Å². The van der Waals surface area contributed by atoms with Crippen LogP contribution < -0.4 is 10.6 Å². The van der Waals surface area contributed by atoms with Gasteiger partial charge in [-0.1, -0.05) is 0 Å². The highest BCUT2D eigenvalue weighted by atomic mass is 16.4. The minimum absolute atomic E-state index is 0.259. The Kier molecular flexibility index (Phi) is 4.07. The smallest absolute Gasteiger partial charge is 0.322 e. The van der Waals surface area contributed by atoms with Gasteiger partial charge in [-0.15, -0.1) is 0 Å². The van der Waals surface area contributed by atoms with Gasteiger partial charge in [-0.25, -0.2) is 0 Å². The number of aromatic nitrogens is 1. The molecule has 0 aliphatic heterocycles. The van der Waals surface area contributed by atoms with Gasteiger partial charge in [0.1, 0.15) is 12.2 Å². The fraction of sp³-hybridized carbons (Fsp3) is 0.222. The normalized spacial score (nSPS) is 9.50. The van der Waals surface area contributed by atoms with Crippen LogP contribution in [0.15, 0.2) is 18.3 Å². The molecule has 0 saturated heterocycles. The van der Waals surface area contributed by atoms with Crippen LogP contribution in [0.5, 0.6) is 0 Å². The van der Waals surface area contributed by atoms with Crippen molar-refractivity contribution >= 4 is 17.8 Å². The van der Waals surface area contributed by atoms with Crippen LogP contribution in [0.4, 0.5) is 0 Å². The Bertz CT molecular complexity index is 385. The lowest BCUT2D eigenvalue weighted by Crippen LogP contribution is -2.39. The molecule has 1 rings (SSSR count). The van der Waals surface area contributed by atoms with Crippen molar-refractivity contribution in [2.75, 3.05) is 13.1 Å². The molecular weight excluding hydrogens is 214 g/mol. The zero-order valence-corrected chi connectivity index (χ0v) is 8.32. The number of carboxylic acid groups (broad SMARTS) is 1. The van der Waals surface area contributed by atoms with E-state index in [0.29, 0.717) is 5.69 Å². The van der Waals surface area contributed by atoms with Gasteiger partial charge >= 0.3 is 5.97 Å². The van der Waals surface area contributed by atoms with Crippen LogP contribution in [0.3, 0.4) is 0 Å². The van der Waals surface area contributed by atoms with E-state index in [0.717, 1.165) is 0 Å². The molecule has 0 bridgehead atoms. The molecule has 1 aromatic heterocycles. The molecule has 0 aromatic carbocycles. The van der Waals surface area contributed by atoms with Crippen LogP contribution in [0.25, 0.3) is 0 Å². The average molecular weight is 225 g/mol. The largest absolute Gasteiger partial charge is 0.480 e. The molecule has 7 heteroatoms. The molecule has 0 radical (unpaired) electrons. The third kappa shape index (κ3) is 3.82. The van der Waals surface area contributed by atoms with Crippen molar-refractivity contribution in [3.63, 3.8) is 0 Å². The minimum atomic E-state index is -1.14. The second-order valence-electron chi connectivity index (χ2n) is 2.94. The lowest BCUT2D eigenvalue weighted by Gasteiger charge is -2.03. The molecule has 2 amide bonds. The molecule has 0 aliphatic rings. The van der Waals surface area contributed by atoms with E-state index in [1.54, 1.807) is 18.3 Å². The summed E-state index contributed by atoms with van der Waals surface area (Å²) in [5.74, 6) is -2.11. The first-order valence-electron chi connectivity index (χ1n) is 4.49. The maximum absolute atomic E-state index is 11.3. The van der Waals surface area contributed by atoms with Gasteiger partial charge < -0.3 is 20.7 Å². The van der Waals surface area contributed by atoms with Crippen molar-refractivity contribution < 1.29 is 19.5 Å². The Morgan fingerprint density at radius 3 is 2.56 bits per heavy atom. The van der Waals surface area contributed by atoms with Gasteiger partial charge in [0.25, 0.3) is 5.91 Å². The second kappa shape index (κ2) is 5.54. The molecule has 1 aromatic rings. The molecule has 0 spiro atoms. The van der Waals surface area contributed by atoms with E-state index in [1.807, 2.05) is 0 Å². The minimum Gasteiger partial charge on any atom is -0.480 e. The predicted molar refractivity (Wildman–Crippen MR) is 53.8 cm³/mol. The van der Waals surface area contributed by atoms with Crippen molar-refractivity contribution in [3.05, 3.63) is 24.0 Å². The molecule has 0 saturated carbocycles. The van der Waals surface area contributed by atoms with Crippen molar-refractivity contribution in [1.82, 2.24) is 15.6 Å². The Morgan fingerprint density at radius 1 is 1.25 bits per heavy atom. The second-order valence-corrected chi connectivity index (χ2v) is 2.94. The molecular formula is C9H11N3O4. The van der Waals surface area contributed by atoms with E-state index in [4.69, 9.17) is 5.11 Å². The first-order chi connectivity index (χ1) is 7.59. The maximum Gasteiger partial charge on any atom is 0.322 e. The van der Waals surface area contributed by atoms with Gasteiger partial charge in [0.2, 0.25) is 5.91 Å². The Labute approximate surface area is 90.8 Å². The fourth-order valence-corrected chi connectivity index (χ4v) is 0.964. The zero-order valence-electron chi connectivity index (χ0n) is 8.32. The lowest BCUT2D eigenvalue weighted by atomic mass is 10.4. The number of carbonyl (C=O) groups is 3. The first-order valence-corrected chi connectivity index (χ1v) is 4.49. The number of hydrogen-bond donors (Lipinski definition) is 4. The lowest BCUT2D eigenvalue weighted by molar-refractivity contribution is -0.137. The topological polar surface area (TPSA) is 111 Å². The monoisotopic (exact) mass is 225 g/mol. The highest BCUT2D eigenvalue weighted by Crippen LogP contribution is 1.92. The molecule has 0 fully saturated rings.